The van der Waals surface area contributed by atoms with Crippen LogP contribution >= 0.6 is 0 Å². The first-order chi connectivity index (χ1) is 9.64. The summed E-state index contributed by atoms with van der Waals surface area (Å²) in [4.78, 5) is 2.49. The molecule has 1 aliphatic carbocycles. The molecule has 3 unspecified atom stereocenters. The van der Waals surface area contributed by atoms with E-state index >= 15 is 0 Å². The number of para-hydroxylation sites is 1. The van der Waals surface area contributed by atoms with E-state index in [-0.39, 0.29) is 0 Å². The number of fused-ring (bicyclic) bond motifs is 1. The van der Waals surface area contributed by atoms with E-state index < -0.39 is 5.54 Å². The largest absolute Gasteiger partial charge is 0.368 e. The van der Waals surface area contributed by atoms with Gasteiger partial charge in [0, 0.05) is 18.3 Å². The third-order valence-electron chi connectivity index (χ3n) is 5.15. The summed E-state index contributed by atoms with van der Waals surface area (Å²) in [7, 11) is 0. The zero-order chi connectivity index (χ0) is 14.2. The van der Waals surface area contributed by atoms with Gasteiger partial charge in [-0.05, 0) is 50.2 Å². The average Bonchev–Trinajstić information content (AvgIpc) is 2.97. The highest BCUT2D eigenvalue weighted by molar-refractivity contribution is 5.59. The lowest BCUT2D eigenvalue weighted by molar-refractivity contribution is 0.371. The lowest BCUT2D eigenvalue weighted by Crippen LogP contribution is -2.43. The topological polar surface area (TPSA) is 53.0 Å². The summed E-state index contributed by atoms with van der Waals surface area (Å²) in [5.41, 5.74) is 8.48. The highest BCUT2D eigenvalue weighted by Crippen LogP contribution is 2.37. The van der Waals surface area contributed by atoms with Gasteiger partial charge in [0.2, 0.25) is 0 Å². The van der Waals surface area contributed by atoms with Crippen molar-refractivity contribution in [3.05, 3.63) is 29.8 Å². The van der Waals surface area contributed by atoms with Crippen LogP contribution in [0.25, 0.3) is 0 Å². The smallest absolute Gasteiger partial charge is 0.107 e. The SMILES string of the molecule is CC1Cc2ccccc2N1CCC1CCCC1(N)C#N. The fourth-order valence-electron chi connectivity index (χ4n) is 3.92. The monoisotopic (exact) mass is 269 g/mol. The first-order valence-electron chi connectivity index (χ1n) is 7.69. The molecule has 2 N–H and O–H groups in total. The van der Waals surface area contributed by atoms with Crippen LogP contribution in [0.15, 0.2) is 24.3 Å². The van der Waals surface area contributed by atoms with Gasteiger partial charge in [-0.15, -0.1) is 0 Å². The predicted octanol–water partition coefficient (Wildman–Crippen LogP) is 2.85. The molecule has 3 heteroatoms. The van der Waals surface area contributed by atoms with Gasteiger partial charge in [0.05, 0.1) is 6.07 Å². The Kier molecular flexibility index (Phi) is 3.43. The van der Waals surface area contributed by atoms with E-state index in [2.05, 4.69) is 42.2 Å². The van der Waals surface area contributed by atoms with E-state index in [0.717, 1.165) is 38.6 Å². The summed E-state index contributed by atoms with van der Waals surface area (Å²) in [6.45, 7) is 3.30. The Balaban J connectivity index is 1.69. The molecule has 3 rings (SSSR count). The summed E-state index contributed by atoms with van der Waals surface area (Å²) in [5, 5.41) is 9.31. The van der Waals surface area contributed by atoms with Crippen LogP contribution in [0.5, 0.6) is 0 Å². The Labute approximate surface area is 121 Å². The maximum Gasteiger partial charge on any atom is 0.107 e. The Hall–Kier alpha value is -1.53. The van der Waals surface area contributed by atoms with Crippen LogP contribution < -0.4 is 10.6 Å². The summed E-state index contributed by atoms with van der Waals surface area (Å²) in [6.07, 6.45) is 5.23. The normalized spacial score (nSPS) is 32.1. The molecule has 0 saturated heterocycles. The van der Waals surface area contributed by atoms with Gasteiger partial charge in [-0.25, -0.2) is 0 Å². The van der Waals surface area contributed by atoms with E-state index in [1.165, 1.54) is 11.3 Å². The molecular weight excluding hydrogens is 246 g/mol. The maximum atomic E-state index is 9.31. The quantitative estimate of drug-likeness (QED) is 0.918. The van der Waals surface area contributed by atoms with E-state index in [9.17, 15) is 5.26 Å². The molecule has 106 valence electrons. The van der Waals surface area contributed by atoms with Crippen molar-refractivity contribution < 1.29 is 0 Å². The summed E-state index contributed by atoms with van der Waals surface area (Å²) in [6, 6.07) is 11.6. The highest BCUT2D eigenvalue weighted by atomic mass is 15.2. The van der Waals surface area contributed by atoms with Gasteiger partial charge in [-0.2, -0.15) is 5.26 Å². The van der Waals surface area contributed by atoms with Crippen molar-refractivity contribution in [2.45, 2.75) is 50.6 Å². The number of nitriles is 1. The second-order valence-electron chi connectivity index (χ2n) is 6.41. The molecule has 1 aliphatic heterocycles. The number of anilines is 1. The summed E-state index contributed by atoms with van der Waals surface area (Å²) >= 11 is 0. The van der Waals surface area contributed by atoms with Crippen LogP contribution in [0.3, 0.4) is 0 Å². The molecule has 2 aliphatic rings. The first kappa shape index (κ1) is 13.5. The van der Waals surface area contributed by atoms with E-state index in [1.54, 1.807) is 0 Å². The van der Waals surface area contributed by atoms with Crippen molar-refractivity contribution >= 4 is 5.69 Å². The minimum Gasteiger partial charge on any atom is -0.368 e. The lowest BCUT2D eigenvalue weighted by atomic mass is 9.87. The first-order valence-corrected chi connectivity index (χ1v) is 7.69. The molecule has 1 heterocycles. The average molecular weight is 269 g/mol. The second-order valence-corrected chi connectivity index (χ2v) is 6.41. The van der Waals surface area contributed by atoms with Crippen molar-refractivity contribution in [2.24, 2.45) is 11.7 Å². The van der Waals surface area contributed by atoms with Gasteiger partial charge in [-0.3, -0.25) is 0 Å². The Morgan fingerprint density at radius 3 is 3.05 bits per heavy atom. The number of rotatable bonds is 3. The highest BCUT2D eigenvalue weighted by Gasteiger charge is 2.40. The zero-order valence-corrected chi connectivity index (χ0v) is 12.2. The molecule has 0 radical (unpaired) electrons. The molecule has 1 aromatic rings. The van der Waals surface area contributed by atoms with Crippen molar-refractivity contribution in [1.82, 2.24) is 0 Å². The fourth-order valence-corrected chi connectivity index (χ4v) is 3.92. The van der Waals surface area contributed by atoms with Gasteiger partial charge in [-0.1, -0.05) is 24.6 Å². The molecule has 1 fully saturated rings. The third-order valence-corrected chi connectivity index (χ3v) is 5.15. The summed E-state index contributed by atoms with van der Waals surface area (Å²) in [5.74, 6) is 0.354. The van der Waals surface area contributed by atoms with Crippen molar-refractivity contribution in [1.29, 1.82) is 5.26 Å². The number of hydrogen-bond acceptors (Lipinski definition) is 3. The Morgan fingerprint density at radius 2 is 2.25 bits per heavy atom. The van der Waals surface area contributed by atoms with Crippen LogP contribution in [0.1, 0.15) is 38.2 Å². The van der Waals surface area contributed by atoms with Gasteiger partial charge >= 0.3 is 0 Å². The van der Waals surface area contributed by atoms with Crippen molar-refractivity contribution in [3.63, 3.8) is 0 Å². The fraction of sp³-hybridized carbons (Fsp3) is 0.588. The molecule has 0 bridgehead atoms. The lowest BCUT2D eigenvalue weighted by Gasteiger charge is -2.29. The molecule has 3 atom stereocenters. The number of benzene rings is 1. The molecule has 20 heavy (non-hydrogen) atoms. The maximum absolute atomic E-state index is 9.31. The molecule has 1 saturated carbocycles. The molecule has 0 amide bonds. The number of nitrogens with zero attached hydrogens (tertiary/aromatic N) is 2. The molecule has 0 aromatic heterocycles. The van der Waals surface area contributed by atoms with Crippen LogP contribution in [-0.2, 0) is 6.42 Å². The van der Waals surface area contributed by atoms with Gasteiger partial charge in [0.1, 0.15) is 5.54 Å². The molecule has 1 aromatic carbocycles. The Bertz CT molecular complexity index is 533. The van der Waals surface area contributed by atoms with Crippen LogP contribution in [0.2, 0.25) is 0 Å². The van der Waals surface area contributed by atoms with E-state index in [1.807, 2.05) is 0 Å². The third kappa shape index (κ3) is 2.19. The number of hydrogen-bond donors (Lipinski definition) is 1. The van der Waals surface area contributed by atoms with Gasteiger partial charge in [0.25, 0.3) is 0 Å². The minimum atomic E-state index is -0.581. The zero-order valence-electron chi connectivity index (χ0n) is 12.2. The van der Waals surface area contributed by atoms with E-state index in [4.69, 9.17) is 5.73 Å². The van der Waals surface area contributed by atoms with E-state index in [0.29, 0.717) is 12.0 Å². The molecular formula is C17H23N3. The molecule has 3 nitrogen and oxygen atoms in total. The van der Waals surface area contributed by atoms with Crippen molar-refractivity contribution in [3.8, 4) is 6.07 Å². The number of nitrogens with two attached hydrogens (primary N) is 1. The predicted molar refractivity (Wildman–Crippen MR) is 81.4 cm³/mol. The molecule has 0 spiro atoms. The minimum absolute atomic E-state index is 0.354. The van der Waals surface area contributed by atoms with Gasteiger partial charge < -0.3 is 10.6 Å². The summed E-state index contributed by atoms with van der Waals surface area (Å²) < 4.78 is 0. The van der Waals surface area contributed by atoms with Crippen LogP contribution in [0, 0.1) is 17.2 Å². The van der Waals surface area contributed by atoms with Crippen LogP contribution in [-0.4, -0.2) is 18.1 Å². The standard InChI is InChI=1S/C17H23N3/c1-13-11-14-5-2-3-7-16(14)20(13)10-8-15-6-4-9-17(15,19)12-18/h2-3,5,7,13,15H,4,6,8-11,19H2,1H3. The van der Waals surface area contributed by atoms with Gasteiger partial charge in [0.15, 0.2) is 0 Å². The van der Waals surface area contributed by atoms with Crippen LogP contribution in [0.4, 0.5) is 5.69 Å². The van der Waals surface area contributed by atoms with Crippen molar-refractivity contribution in [2.75, 3.05) is 11.4 Å². The Morgan fingerprint density at radius 1 is 1.45 bits per heavy atom. The second kappa shape index (κ2) is 5.10.